The Kier molecular flexibility index (Phi) is 7.72. The molecule has 0 aromatic carbocycles. The van der Waals surface area contributed by atoms with Crippen LogP contribution in [0.25, 0.3) is 5.57 Å². The molecule has 6 N–H and O–H groups in total. The summed E-state index contributed by atoms with van der Waals surface area (Å²) in [5.74, 6) is -1.13. The molecule has 0 aliphatic heterocycles. The monoisotopic (exact) mass is 511 g/mol. The maximum absolute atomic E-state index is 14.9. The number of anilines is 1. The van der Waals surface area contributed by atoms with Gasteiger partial charge in [-0.3, -0.25) is 14.3 Å². The fourth-order valence-electron chi connectivity index (χ4n) is 4.97. The number of nitrogens with two attached hydrogens (primary N) is 1. The van der Waals surface area contributed by atoms with E-state index < -0.39 is 29.8 Å². The molecule has 2 aliphatic carbocycles. The Hall–Kier alpha value is -3.60. The molecular formula is C26H34FN7O3. The van der Waals surface area contributed by atoms with Crippen LogP contribution in [-0.2, 0) is 4.79 Å². The van der Waals surface area contributed by atoms with Crippen LogP contribution in [0.3, 0.4) is 0 Å². The summed E-state index contributed by atoms with van der Waals surface area (Å²) in [5.41, 5.74) is 6.81. The van der Waals surface area contributed by atoms with Crippen LogP contribution in [0.4, 0.5) is 10.2 Å². The quantitative estimate of drug-likeness (QED) is 0.230. The van der Waals surface area contributed by atoms with Crippen molar-refractivity contribution in [3.8, 4) is 0 Å². The second kappa shape index (κ2) is 10.8. The largest absolute Gasteiger partial charge is 0.402 e. The number of hydrogen-bond donors (Lipinski definition) is 5. The normalized spacial score (nSPS) is 17.7. The second-order valence-electron chi connectivity index (χ2n) is 10.1. The van der Waals surface area contributed by atoms with Crippen molar-refractivity contribution in [1.82, 2.24) is 20.1 Å². The average Bonchev–Trinajstić information content (AvgIpc) is 3.78. The molecule has 2 heterocycles. The zero-order valence-electron chi connectivity index (χ0n) is 21.3. The number of carbonyl (C=O) groups excluding carboxylic acids is 2. The number of carbonyl (C=O) groups is 2. The minimum Gasteiger partial charge on any atom is -0.402 e. The average molecular weight is 512 g/mol. The lowest BCUT2D eigenvalue weighted by Gasteiger charge is -2.27. The number of hydrogen-bond acceptors (Lipinski definition) is 7. The molecule has 11 heteroatoms. The Morgan fingerprint density at radius 3 is 2.38 bits per heavy atom. The fraction of sp³-hybridized carbons (Fsp3) is 0.500. The van der Waals surface area contributed by atoms with Gasteiger partial charge in [0.2, 0.25) is 11.9 Å². The minimum absolute atomic E-state index is 0.00597. The van der Waals surface area contributed by atoms with Crippen LogP contribution in [0.5, 0.6) is 0 Å². The Morgan fingerprint density at radius 1 is 1.22 bits per heavy atom. The van der Waals surface area contributed by atoms with Gasteiger partial charge in [-0.1, -0.05) is 0 Å². The first-order valence-corrected chi connectivity index (χ1v) is 12.6. The fourth-order valence-corrected chi connectivity index (χ4v) is 4.97. The van der Waals surface area contributed by atoms with Crippen molar-refractivity contribution in [1.29, 1.82) is 5.41 Å². The molecule has 2 aromatic rings. The predicted octanol–water partition coefficient (Wildman–Crippen LogP) is 2.87. The highest BCUT2D eigenvalue weighted by Crippen LogP contribution is 2.51. The highest BCUT2D eigenvalue weighted by Gasteiger charge is 2.48. The Balaban J connectivity index is 1.58. The summed E-state index contributed by atoms with van der Waals surface area (Å²) in [6.07, 6.45) is 5.47. The van der Waals surface area contributed by atoms with Gasteiger partial charge in [-0.05, 0) is 82.4 Å². The molecule has 1 unspecified atom stereocenters. The SMILES string of the molecule is CC(=N)C(=C(C)N)c1ccc(NC(=O)[C@@H](NC(=O)c2ccnn2C(C)CO)C(C2CC2)C2CC2)nc1F. The third-order valence-corrected chi connectivity index (χ3v) is 7.01. The van der Waals surface area contributed by atoms with Gasteiger partial charge >= 0.3 is 0 Å². The van der Waals surface area contributed by atoms with Gasteiger partial charge in [0.25, 0.3) is 5.91 Å². The molecule has 2 atom stereocenters. The summed E-state index contributed by atoms with van der Waals surface area (Å²) < 4.78 is 16.3. The predicted molar refractivity (Wildman–Crippen MR) is 137 cm³/mol. The number of rotatable bonds is 11. The maximum atomic E-state index is 14.9. The lowest BCUT2D eigenvalue weighted by Crippen LogP contribution is -2.50. The lowest BCUT2D eigenvalue weighted by atomic mass is 9.88. The van der Waals surface area contributed by atoms with Crippen molar-refractivity contribution in [3.05, 3.63) is 47.3 Å². The molecule has 2 aliphatic rings. The number of pyridine rings is 1. The van der Waals surface area contributed by atoms with Crippen molar-refractivity contribution in [2.75, 3.05) is 11.9 Å². The molecule has 2 saturated carbocycles. The summed E-state index contributed by atoms with van der Waals surface area (Å²) in [6.45, 7) is 4.64. The van der Waals surface area contributed by atoms with Crippen molar-refractivity contribution < 1.29 is 19.1 Å². The Morgan fingerprint density at radius 2 is 1.86 bits per heavy atom. The molecule has 2 aromatic heterocycles. The zero-order chi connectivity index (χ0) is 26.9. The van der Waals surface area contributed by atoms with E-state index in [0.717, 1.165) is 25.7 Å². The maximum Gasteiger partial charge on any atom is 0.270 e. The Bertz CT molecular complexity index is 1220. The van der Waals surface area contributed by atoms with Crippen molar-refractivity contribution >= 4 is 28.9 Å². The van der Waals surface area contributed by atoms with Crippen LogP contribution in [-0.4, -0.2) is 50.0 Å². The first-order valence-electron chi connectivity index (χ1n) is 12.6. The standard InChI is InChI=1S/C26H34FN7O3/c1-13(12-35)34-19(10-11-30-34)25(36)33-23(22(16-4-5-16)17-6-7-17)26(37)32-20-9-8-18(24(27)31-20)21(14(2)28)15(3)29/h8-11,13,16-17,22-23,28,35H,4-7,12,29H2,1-3H3,(H,33,36)(H,31,32,37)/t13?,23-/m0/s1. The summed E-state index contributed by atoms with van der Waals surface area (Å²) in [5, 5.41) is 27.1. The molecule has 2 fully saturated rings. The molecule has 10 nitrogen and oxygen atoms in total. The van der Waals surface area contributed by atoms with E-state index in [9.17, 15) is 19.1 Å². The minimum atomic E-state index is -0.854. The van der Waals surface area contributed by atoms with E-state index in [1.165, 1.54) is 29.9 Å². The number of nitrogens with one attached hydrogen (secondary N) is 3. The van der Waals surface area contributed by atoms with Gasteiger partial charge in [0.1, 0.15) is 17.6 Å². The van der Waals surface area contributed by atoms with Crippen LogP contribution in [0.15, 0.2) is 30.1 Å². The van der Waals surface area contributed by atoms with Crippen LogP contribution in [0.2, 0.25) is 0 Å². The second-order valence-corrected chi connectivity index (χ2v) is 10.1. The van der Waals surface area contributed by atoms with Crippen LogP contribution in [0.1, 0.15) is 68.5 Å². The summed E-state index contributed by atoms with van der Waals surface area (Å²) >= 11 is 0. The molecule has 4 rings (SSSR count). The van der Waals surface area contributed by atoms with Gasteiger partial charge in [0, 0.05) is 28.7 Å². The highest BCUT2D eigenvalue weighted by atomic mass is 19.1. The first-order chi connectivity index (χ1) is 17.6. The van der Waals surface area contributed by atoms with Gasteiger partial charge < -0.3 is 26.9 Å². The lowest BCUT2D eigenvalue weighted by molar-refractivity contribution is -0.119. The molecule has 0 saturated heterocycles. The summed E-state index contributed by atoms with van der Waals surface area (Å²) in [6, 6.07) is 3.20. The first kappa shape index (κ1) is 26.5. The molecular weight excluding hydrogens is 477 g/mol. The smallest absolute Gasteiger partial charge is 0.270 e. The van der Waals surface area contributed by atoms with E-state index >= 15 is 0 Å². The molecule has 2 amide bonds. The van der Waals surface area contributed by atoms with Crippen LogP contribution < -0.4 is 16.4 Å². The van der Waals surface area contributed by atoms with Crippen molar-refractivity contribution in [2.45, 2.75) is 58.5 Å². The van der Waals surface area contributed by atoms with Crippen molar-refractivity contribution in [3.63, 3.8) is 0 Å². The van der Waals surface area contributed by atoms with E-state index in [4.69, 9.17) is 11.1 Å². The van der Waals surface area contributed by atoms with Crippen LogP contribution in [0, 0.1) is 29.1 Å². The summed E-state index contributed by atoms with van der Waals surface area (Å²) in [4.78, 5) is 30.7. The molecule has 37 heavy (non-hydrogen) atoms. The summed E-state index contributed by atoms with van der Waals surface area (Å²) in [7, 11) is 0. The van der Waals surface area contributed by atoms with E-state index in [1.807, 2.05) is 0 Å². The van der Waals surface area contributed by atoms with Gasteiger partial charge in [-0.2, -0.15) is 9.49 Å². The van der Waals surface area contributed by atoms with Gasteiger partial charge in [-0.25, -0.2) is 4.98 Å². The number of aliphatic hydroxyl groups is 1. The number of allylic oxidation sites excluding steroid dienone is 2. The van der Waals surface area contributed by atoms with E-state index in [1.54, 1.807) is 19.9 Å². The van der Waals surface area contributed by atoms with Gasteiger partial charge in [0.05, 0.1) is 12.6 Å². The van der Waals surface area contributed by atoms with E-state index in [0.29, 0.717) is 17.5 Å². The molecule has 198 valence electrons. The number of halogens is 1. The van der Waals surface area contributed by atoms with Gasteiger partial charge in [0.15, 0.2) is 0 Å². The van der Waals surface area contributed by atoms with Crippen LogP contribution >= 0.6 is 0 Å². The van der Waals surface area contributed by atoms with Crippen molar-refractivity contribution in [2.24, 2.45) is 23.5 Å². The zero-order valence-corrected chi connectivity index (χ0v) is 21.3. The molecule has 0 radical (unpaired) electrons. The third-order valence-electron chi connectivity index (χ3n) is 7.01. The topological polar surface area (TPSA) is 159 Å². The number of aliphatic hydroxyl groups excluding tert-OH is 1. The third kappa shape index (κ3) is 5.87. The van der Waals surface area contributed by atoms with E-state index in [2.05, 4.69) is 20.7 Å². The molecule has 0 spiro atoms. The number of amides is 2. The number of nitrogens with zero attached hydrogens (tertiary/aromatic N) is 3. The van der Waals surface area contributed by atoms with Gasteiger partial charge in [-0.15, -0.1) is 0 Å². The molecule has 0 bridgehead atoms. The highest BCUT2D eigenvalue weighted by molar-refractivity contribution is 6.21. The van der Waals surface area contributed by atoms with E-state index in [-0.39, 0.29) is 40.9 Å². The Labute approximate surface area is 215 Å². The number of aromatic nitrogens is 3.